The minimum Gasteiger partial charge on any atom is -0.466 e. The monoisotopic (exact) mass is 718 g/mol. The molecule has 1 atom stereocenters. The molecular weight excluding hydrogens is 692 g/mol. The molecule has 0 aliphatic carbocycles. The van der Waals surface area contributed by atoms with Crippen LogP contribution in [0.5, 0.6) is 5.75 Å². The summed E-state index contributed by atoms with van der Waals surface area (Å²) in [6.45, 7) is -0.262. The molecule has 3 aromatic rings. The van der Waals surface area contributed by atoms with E-state index in [4.69, 9.17) is 4.74 Å². The normalized spacial score (nSPS) is 13.5. The van der Waals surface area contributed by atoms with Crippen molar-refractivity contribution in [3.8, 4) is 5.75 Å². The molecule has 0 spiro atoms. The highest BCUT2D eigenvalue weighted by molar-refractivity contribution is 5.76. The van der Waals surface area contributed by atoms with E-state index in [1.54, 1.807) is 6.92 Å². The molecule has 0 unspecified atom stereocenters. The van der Waals surface area contributed by atoms with Gasteiger partial charge in [0.1, 0.15) is 23.9 Å². The Morgan fingerprint density at radius 1 is 0.816 bits per heavy atom. The first-order valence-electron chi connectivity index (χ1n) is 14.0. The number of nitrogens with one attached hydrogen (secondary N) is 2. The molecule has 0 aromatic heterocycles. The topological polar surface area (TPSA) is 76.7 Å². The van der Waals surface area contributed by atoms with E-state index >= 15 is 0 Å². The van der Waals surface area contributed by atoms with Crippen LogP contribution in [0.1, 0.15) is 41.2 Å². The lowest BCUT2D eigenvalue weighted by atomic mass is 9.77. The van der Waals surface area contributed by atoms with E-state index in [9.17, 15) is 62.3 Å². The number of hydrogen-bond donors (Lipinski definition) is 2. The van der Waals surface area contributed by atoms with Crippen molar-refractivity contribution in [1.29, 1.82) is 0 Å². The number of halogens is 12. The third-order valence-corrected chi connectivity index (χ3v) is 6.83. The lowest BCUT2D eigenvalue weighted by molar-refractivity contribution is -0.253. The van der Waals surface area contributed by atoms with Gasteiger partial charge in [0.15, 0.2) is 0 Å². The molecule has 0 saturated heterocycles. The average molecular weight is 719 g/mol. The van der Waals surface area contributed by atoms with Gasteiger partial charge in [-0.15, -0.1) is 0 Å². The van der Waals surface area contributed by atoms with Crippen molar-refractivity contribution in [1.82, 2.24) is 10.6 Å². The maximum atomic E-state index is 15.0. The Balaban J connectivity index is 2.28. The molecule has 0 aliphatic rings. The molecule has 0 saturated carbocycles. The second kappa shape index (κ2) is 15.3. The summed E-state index contributed by atoms with van der Waals surface area (Å²) >= 11 is 0. The quantitative estimate of drug-likeness (QED) is 0.139. The molecule has 0 bridgehead atoms. The Labute approximate surface area is 270 Å². The number of esters is 1. The number of alkyl halides is 10. The molecule has 2 amide bonds. The number of urea groups is 1. The van der Waals surface area contributed by atoms with Crippen molar-refractivity contribution in [3.05, 3.63) is 100 Å². The predicted octanol–water partition coefficient (Wildman–Crippen LogP) is 8.06. The average Bonchev–Trinajstić information content (AvgIpc) is 2.98. The Morgan fingerprint density at radius 2 is 1.45 bits per heavy atom. The minimum absolute atomic E-state index is 0.0524. The van der Waals surface area contributed by atoms with Crippen LogP contribution >= 0.6 is 0 Å². The maximum Gasteiger partial charge on any atom is 0.461 e. The molecule has 0 heterocycles. The van der Waals surface area contributed by atoms with Gasteiger partial charge in [0.2, 0.25) is 0 Å². The van der Waals surface area contributed by atoms with Crippen molar-refractivity contribution < 1.29 is 71.7 Å². The summed E-state index contributed by atoms with van der Waals surface area (Å²) in [5.41, 5.74) is -5.52. The van der Waals surface area contributed by atoms with Gasteiger partial charge in [0.25, 0.3) is 0 Å². The van der Waals surface area contributed by atoms with Crippen LogP contribution in [0, 0.1) is 11.6 Å². The number of ether oxygens (including phenoxy) is 2. The van der Waals surface area contributed by atoms with Gasteiger partial charge in [-0.25, -0.2) is 13.6 Å². The van der Waals surface area contributed by atoms with Crippen LogP contribution in [-0.4, -0.2) is 43.9 Å². The zero-order valence-corrected chi connectivity index (χ0v) is 25.1. The number of carbonyl (C=O) groups is 2. The van der Waals surface area contributed by atoms with Gasteiger partial charge in [0, 0.05) is 18.9 Å². The van der Waals surface area contributed by atoms with E-state index in [-0.39, 0.29) is 37.1 Å². The smallest absolute Gasteiger partial charge is 0.461 e. The third-order valence-electron chi connectivity index (χ3n) is 6.83. The van der Waals surface area contributed by atoms with Gasteiger partial charge < -0.3 is 20.1 Å². The van der Waals surface area contributed by atoms with Crippen LogP contribution in [0.4, 0.5) is 57.5 Å². The van der Waals surface area contributed by atoms with Gasteiger partial charge in [0.05, 0.1) is 17.7 Å². The predicted molar refractivity (Wildman–Crippen MR) is 148 cm³/mol. The van der Waals surface area contributed by atoms with Crippen LogP contribution in [0.2, 0.25) is 0 Å². The molecule has 3 aromatic carbocycles. The van der Waals surface area contributed by atoms with Crippen LogP contribution in [0.3, 0.4) is 0 Å². The highest BCUT2D eigenvalue weighted by Crippen LogP contribution is 2.41. The molecule has 3 rings (SSSR count). The number of aryl methyl sites for hydroxylation is 1. The Bertz CT molecular complexity index is 1610. The highest BCUT2D eigenvalue weighted by atomic mass is 19.4. The molecule has 2 N–H and O–H groups in total. The molecule has 0 radical (unpaired) electrons. The summed E-state index contributed by atoms with van der Waals surface area (Å²) in [7, 11) is 0. The van der Waals surface area contributed by atoms with E-state index in [1.165, 1.54) is 29.6 Å². The molecule has 6 nitrogen and oxygen atoms in total. The van der Waals surface area contributed by atoms with Crippen molar-refractivity contribution >= 4 is 12.0 Å². The molecular formula is C31H26F12N2O4. The van der Waals surface area contributed by atoms with Gasteiger partial charge >= 0.3 is 36.9 Å². The maximum absolute atomic E-state index is 15.0. The fourth-order valence-electron chi connectivity index (χ4n) is 4.67. The first-order valence-corrected chi connectivity index (χ1v) is 14.0. The van der Waals surface area contributed by atoms with Crippen molar-refractivity contribution in [2.24, 2.45) is 0 Å². The van der Waals surface area contributed by atoms with E-state index in [2.05, 4.69) is 4.74 Å². The summed E-state index contributed by atoms with van der Waals surface area (Å²) in [6.07, 6.45) is -20.7. The number of amides is 2. The Morgan fingerprint density at radius 3 is 2.02 bits per heavy atom. The fourth-order valence-corrected chi connectivity index (χ4v) is 4.67. The number of rotatable bonds is 13. The molecule has 268 valence electrons. The summed E-state index contributed by atoms with van der Waals surface area (Å²) in [6, 6.07) is 6.03. The van der Waals surface area contributed by atoms with Crippen molar-refractivity contribution in [2.75, 3.05) is 13.2 Å². The zero-order valence-electron chi connectivity index (χ0n) is 25.1. The second-order valence-electron chi connectivity index (χ2n) is 10.5. The number of benzene rings is 3. The van der Waals surface area contributed by atoms with Crippen LogP contribution in [0.15, 0.2) is 60.7 Å². The molecule has 0 aliphatic heterocycles. The lowest BCUT2D eigenvalue weighted by Gasteiger charge is -2.37. The van der Waals surface area contributed by atoms with Gasteiger partial charge in [-0.05, 0) is 59.9 Å². The van der Waals surface area contributed by atoms with Crippen molar-refractivity contribution in [3.63, 3.8) is 0 Å². The van der Waals surface area contributed by atoms with Crippen molar-refractivity contribution in [2.45, 2.75) is 56.6 Å². The summed E-state index contributed by atoms with van der Waals surface area (Å²) in [4.78, 5) is 24.7. The first-order chi connectivity index (χ1) is 22.6. The van der Waals surface area contributed by atoms with Crippen LogP contribution in [0.25, 0.3) is 0 Å². The summed E-state index contributed by atoms with van der Waals surface area (Å²) in [5.74, 6) is -5.17. The molecule has 18 heteroatoms. The molecule has 49 heavy (non-hydrogen) atoms. The SMILES string of the molecule is CCOC(=O)CCc1ccc(C[C@@](NC(=O)NCC(F)(F)F)(c2cc(F)cc(OC(F)(F)C(F)F)c2)c2ccc(F)c(C(F)(F)F)c2)cc1. The Kier molecular flexibility index (Phi) is 12.1. The number of carbonyl (C=O) groups excluding carboxylic acids is 2. The zero-order chi connectivity index (χ0) is 36.8. The number of hydrogen-bond acceptors (Lipinski definition) is 4. The Hall–Kier alpha value is -4.64. The van der Waals surface area contributed by atoms with E-state index < -0.39 is 89.5 Å². The van der Waals surface area contributed by atoms with Gasteiger partial charge in [-0.1, -0.05) is 30.3 Å². The standard InChI is InChI=1S/C31H26F12N2O4/c1-2-48-25(46)10-7-17-3-5-18(6-4-17)15-28(45-27(47)44-16-29(36,37)38,19-8-9-24(33)23(13-19)30(39,40)41)20-11-21(32)14-22(12-20)49-31(42,43)26(34)35/h3-6,8-9,11-14,26H,2,7,10,15-16H2,1H3,(H2,44,45,47)/t28-/m0/s1. The second-order valence-corrected chi connectivity index (χ2v) is 10.5. The summed E-state index contributed by atoms with van der Waals surface area (Å²) < 4.78 is 172. The fraction of sp³-hybridized carbons (Fsp3) is 0.355. The van der Waals surface area contributed by atoms with E-state index in [0.717, 1.165) is 0 Å². The summed E-state index contributed by atoms with van der Waals surface area (Å²) in [5, 5.41) is 3.46. The molecule has 0 fully saturated rings. The van der Waals surface area contributed by atoms with Gasteiger partial charge in [-0.2, -0.15) is 43.9 Å². The largest absolute Gasteiger partial charge is 0.466 e. The minimum atomic E-state index is -5.39. The van der Waals surface area contributed by atoms with Crippen LogP contribution < -0.4 is 15.4 Å². The first kappa shape index (κ1) is 38.8. The lowest BCUT2D eigenvalue weighted by Crippen LogP contribution is -2.53. The highest BCUT2D eigenvalue weighted by Gasteiger charge is 2.45. The van der Waals surface area contributed by atoms with Gasteiger partial charge in [-0.3, -0.25) is 4.79 Å². The van der Waals surface area contributed by atoms with E-state index in [1.807, 2.05) is 5.32 Å². The van der Waals surface area contributed by atoms with E-state index in [0.29, 0.717) is 29.8 Å². The third kappa shape index (κ3) is 10.7. The van der Waals surface area contributed by atoms with Crippen LogP contribution in [-0.2, 0) is 34.1 Å².